The second-order valence-electron chi connectivity index (χ2n) is 5.60. The molecule has 3 rings (SSSR count). The van der Waals surface area contributed by atoms with Crippen molar-refractivity contribution in [3.63, 3.8) is 0 Å². The van der Waals surface area contributed by atoms with Crippen LogP contribution in [0.1, 0.15) is 18.7 Å². The zero-order valence-corrected chi connectivity index (χ0v) is 12.0. The molecule has 2 aromatic heterocycles. The van der Waals surface area contributed by atoms with Crippen molar-refractivity contribution in [2.24, 2.45) is 5.73 Å². The quantitative estimate of drug-likeness (QED) is 0.458. The van der Waals surface area contributed by atoms with Gasteiger partial charge in [-0.15, -0.1) is 0 Å². The van der Waals surface area contributed by atoms with Gasteiger partial charge in [0.2, 0.25) is 0 Å². The summed E-state index contributed by atoms with van der Waals surface area (Å²) in [5, 5.41) is 30.5. The van der Waals surface area contributed by atoms with Crippen LogP contribution in [-0.4, -0.2) is 54.3 Å². The van der Waals surface area contributed by atoms with Crippen molar-refractivity contribution >= 4 is 16.9 Å². The number of hydrogen-bond acceptors (Lipinski definition) is 8. The van der Waals surface area contributed by atoms with Gasteiger partial charge in [0.1, 0.15) is 35.6 Å². The van der Waals surface area contributed by atoms with Crippen molar-refractivity contribution in [2.75, 3.05) is 12.3 Å². The molecule has 4 atom stereocenters. The van der Waals surface area contributed by atoms with Crippen LogP contribution in [0.25, 0.3) is 11.0 Å². The molecule has 0 spiro atoms. The van der Waals surface area contributed by atoms with Crippen molar-refractivity contribution < 1.29 is 20.1 Å². The minimum atomic E-state index is -1.61. The van der Waals surface area contributed by atoms with Crippen molar-refractivity contribution in [2.45, 2.75) is 37.5 Å². The Labute approximate surface area is 126 Å². The largest absolute Gasteiger partial charge is 0.394 e. The molecule has 0 amide bonds. The highest BCUT2D eigenvalue weighted by Crippen LogP contribution is 2.40. The first-order chi connectivity index (χ1) is 10.4. The third kappa shape index (κ3) is 1.98. The van der Waals surface area contributed by atoms with E-state index in [1.165, 1.54) is 13.3 Å². The second kappa shape index (κ2) is 5.14. The van der Waals surface area contributed by atoms with Crippen LogP contribution < -0.4 is 11.5 Å². The monoisotopic (exact) mass is 309 g/mol. The van der Waals surface area contributed by atoms with Gasteiger partial charge in [-0.25, -0.2) is 9.97 Å². The topological polar surface area (TPSA) is 153 Å². The lowest BCUT2D eigenvalue weighted by atomic mass is 9.96. The summed E-state index contributed by atoms with van der Waals surface area (Å²) >= 11 is 0. The number of hydrogen-bond donors (Lipinski definition) is 5. The van der Waals surface area contributed by atoms with Crippen LogP contribution in [0, 0.1) is 0 Å². The normalized spacial score (nSPS) is 32.0. The van der Waals surface area contributed by atoms with E-state index >= 15 is 0 Å². The molecule has 0 radical (unpaired) electrons. The second-order valence-corrected chi connectivity index (χ2v) is 5.60. The van der Waals surface area contributed by atoms with E-state index in [-0.39, 0.29) is 12.4 Å². The molecule has 7 N–H and O–H groups in total. The molecule has 22 heavy (non-hydrogen) atoms. The van der Waals surface area contributed by atoms with Crippen molar-refractivity contribution in [1.29, 1.82) is 0 Å². The molecule has 0 saturated carbocycles. The van der Waals surface area contributed by atoms with Crippen LogP contribution in [0.4, 0.5) is 5.82 Å². The van der Waals surface area contributed by atoms with Gasteiger partial charge < -0.3 is 36.1 Å². The number of anilines is 1. The predicted octanol–water partition coefficient (Wildman–Crippen LogP) is -1.53. The Morgan fingerprint density at radius 2 is 2.18 bits per heavy atom. The molecule has 9 nitrogen and oxygen atoms in total. The third-order valence-corrected chi connectivity index (χ3v) is 4.12. The number of nitrogens with two attached hydrogens (primary N) is 2. The molecule has 0 bridgehead atoms. The predicted molar refractivity (Wildman–Crippen MR) is 77.5 cm³/mol. The number of nitrogen functional groups attached to an aromatic ring is 1. The zero-order chi connectivity index (χ0) is 16.1. The summed E-state index contributed by atoms with van der Waals surface area (Å²) in [5.41, 5.74) is 11.2. The smallest absolute Gasteiger partial charge is 0.167 e. The molecule has 1 aliphatic heterocycles. The van der Waals surface area contributed by atoms with Gasteiger partial charge in [0, 0.05) is 12.7 Å². The maximum absolute atomic E-state index is 10.6. The molecule has 0 aliphatic carbocycles. The summed E-state index contributed by atoms with van der Waals surface area (Å²) in [6.07, 6.45) is -0.0884. The molecule has 9 heteroatoms. The van der Waals surface area contributed by atoms with E-state index in [9.17, 15) is 15.3 Å². The summed E-state index contributed by atoms with van der Waals surface area (Å²) in [6.45, 7) is 1.24. The van der Waals surface area contributed by atoms with Gasteiger partial charge in [0.25, 0.3) is 0 Å². The summed E-state index contributed by atoms with van der Waals surface area (Å²) in [6, 6.07) is 0. The van der Waals surface area contributed by atoms with E-state index in [1.807, 2.05) is 0 Å². The van der Waals surface area contributed by atoms with Crippen LogP contribution in [0.2, 0.25) is 0 Å². The van der Waals surface area contributed by atoms with E-state index in [0.29, 0.717) is 16.6 Å². The van der Waals surface area contributed by atoms with Gasteiger partial charge in [0.05, 0.1) is 12.0 Å². The van der Waals surface area contributed by atoms with Crippen molar-refractivity contribution in [1.82, 2.24) is 14.5 Å². The van der Waals surface area contributed by atoms with Crippen molar-refractivity contribution in [3.05, 3.63) is 18.1 Å². The fourth-order valence-corrected chi connectivity index (χ4v) is 2.91. The molecule has 1 fully saturated rings. The highest BCUT2D eigenvalue weighted by atomic mass is 16.6. The van der Waals surface area contributed by atoms with Crippen molar-refractivity contribution in [3.8, 4) is 0 Å². The zero-order valence-electron chi connectivity index (χ0n) is 12.0. The van der Waals surface area contributed by atoms with Gasteiger partial charge >= 0.3 is 0 Å². The van der Waals surface area contributed by atoms with E-state index < -0.39 is 30.6 Å². The summed E-state index contributed by atoms with van der Waals surface area (Å²) in [5.74, 6) is 0.279. The summed E-state index contributed by atoms with van der Waals surface area (Å²) in [4.78, 5) is 8.12. The highest BCUT2D eigenvalue weighted by Gasteiger charge is 2.53. The average molecular weight is 309 g/mol. The van der Waals surface area contributed by atoms with E-state index in [2.05, 4.69) is 9.97 Å². The third-order valence-electron chi connectivity index (χ3n) is 4.12. The van der Waals surface area contributed by atoms with Crippen LogP contribution >= 0.6 is 0 Å². The lowest BCUT2D eigenvalue weighted by Crippen LogP contribution is -2.44. The summed E-state index contributed by atoms with van der Waals surface area (Å²) in [7, 11) is 0. The van der Waals surface area contributed by atoms with Crippen LogP contribution in [0.3, 0.4) is 0 Å². The molecule has 1 saturated heterocycles. The number of aromatic nitrogens is 3. The SMILES string of the molecule is CC1(O)C(n2cc(CN)c3c(N)ncnc32)OC(CO)[C@H]1O. The molecule has 3 heterocycles. The fourth-order valence-electron chi connectivity index (χ4n) is 2.91. The number of fused-ring (bicyclic) bond motifs is 1. The molecular formula is C13H19N5O4. The number of rotatable bonds is 3. The summed E-state index contributed by atoms with van der Waals surface area (Å²) < 4.78 is 7.16. The Hall–Kier alpha value is -1.78. The molecule has 2 aromatic rings. The Morgan fingerprint density at radius 1 is 1.45 bits per heavy atom. The maximum Gasteiger partial charge on any atom is 0.167 e. The highest BCUT2D eigenvalue weighted by molar-refractivity contribution is 5.89. The van der Waals surface area contributed by atoms with Crippen LogP contribution in [0.15, 0.2) is 12.5 Å². The maximum atomic E-state index is 10.6. The molecule has 3 unspecified atom stereocenters. The average Bonchev–Trinajstić information content (AvgIpc) is 2.97. The minimum absolute atomic E-state index is 0.210. The fraction of sp³-hybridized carbons (Fsp3) is 0.538. The number of nitrogens with zero attached hydrogens (tertiary/aromatic N) is 3. The van der Waals surface area contributed by atoms with Gasteiger partial charge in [-0.05, 0) is 12.5 Å². The molecular weight excluding hydrogens is 290 g/mol. The lowest BCUT2D eigenvalue weighted by molar-refractivity contribution is -0.0948. The van der Waals surface area contributed by atoms with Gasteiger partial charge in [-0.2, -0.15) is 0 Å². The Balaban J connectivity index is 2.17. The van der Waals surface area contributed by atoms with Crippen LogP contribution in [0.5, 0.6) is 0 Å². The van der Waals surface area contributed by atoms with E-state index in [4.69, 9.17) is 16.2 Å². The molecule has 1 aliphatic rings. The number of ether oxygens (including phenoxy) is 1. The Bertz CT molecular complexity index is 701. The standard InChI is InChI=1S/C13H19N5O4/c1-13(21)9(20)7(4-19)22-12(13)18-3-6(2-14)8-10(15)16-5-17-11(8)18/h3,5,7,9,12,19-21H,2,4,14H2,1H3,(H2,15,16,17)/t7?,9-,12?,13?/m1/s1. The number of aliphatic hydroxyl groups excluding tert-OH is 2. The first-order valence-electron chi connectivity index (χ1n) is 6.88. The van der Waals surface area contributed by atoms with Gasteiger partial charge in [-0.3, -0.25) is 0 Å². The molecule has 120 valence electrons. The molecule has 0 aromatic carbocycles. The van der Waals surface area contributed by atoms with Gasteiger partial charge in [-0.1, -0.05) is 0 Å². The minimum Gasteiger partial charge on any atom is -0.394 e. The van der Waals surface area contributed by atoms with E-state index in [1.54, 1.807) is 10.8 Å². The van der Waals surface area contributed by atoms with Crippen LogP contribution in [-0.2, 0) is 11.3 Å². The van der Waals surface area contributed by atoms with Gasteiger partial charge in [0.15, 0.2) is 6.23 Å². The number of aliphatic hydroxyl groups is 3. The lowest BCUT2D eigenvalue weighted by Gasteiger charge is -2.27. The Morgan fingerprint density at radius 3 is 2.77 bits per heavy atom. The first kappa shape index (κ1) is 15.1. The van der Waals surface area contributed by atoms with E-state index in [0.717, 1.165) is 0 Å². The Kier molecular flexibility index (Phi) is 3.54. The first-order valence-corrected chi connectivity index (χ1v) is 6.88.